The second kappa shape index (κ2) is 5.44. The van der Waals surface area contributed by atoms with Gasteiger partial charge in [-0.3, -0.25) is 0 Å². The first-order valence-electron chi connectivity index (χ1n) is 4.32. The molecule has 0 heterocycles. The molecule has 0 fully saturated rings. The Labute approximate surface area is 90.5 Å². The standard InChI is InChI=1S/C10H12BrFO2/c11-5-4-9(13)10(14)7-2-1-3-8(12)6-7/h1-3,6,9-10,13-14H,4-5H2. The first-order chi connectivity index (χ1) is 6.65. The van der Waals surface area contributed by atoms with Crippen LogP contribution in [0.3, 0.4) is 0 Å². The normalized spacial score (nSPS) is 15.1. The van der Waals surface area contributed by atoms with E-state index in [1.54, 1.807) is 6.07 Å². The van der Waals surface area contributed by atoms with Gasteiger partial charge in [-0.05, 0) is 24.1 Å². The largest absolute Gasteiger partial charge is 0.390 e. The molecule has 2 N–H and O–H groups in total. The summed E-state index contributed by atoms with van der Waals surface area (Å²) in [4.78, 5) is 0. The molecule has 78 valence electrons. The molecule has 0 aliphatic rings. The highest BCUT2D eigenvalue weighted by Crippen LogP contribution is 2.19. The number of aliphatic hydroxyl groups is 2. The quantitative estimate of drug-likeness (QED) is 0.816. The Hall–Kier alpha value is -0.450. The lowest BCUT2D eigenvalue weighted by atomic mass is 10.0. The van der Waals surface area contributed by atoms with Crippen molar-refractivity contribution in [2.75, 3.05) is 5.33 Å². The van der Waals surface area contributed by atoms with E-state index in [2.05, 4.69) is 15.9 Å². The lowest BCUT2D eigenvalue weighted by Crippen LogP contribution is -2.18. The Morgan fingerprint density at radius 2 is 2.07 bits per heavy atom. The second-order valence-corrected chi connectivity index (χ2v) is 3.84. The predicted octanol–water partition coefficient (Wildman–Crippen LogP) is 2.00. The van der Waals surface area contributed by atoms with Crippen molar-refractivity contribution < 1.29 is 14.6 Å². The van der Waals surface area contributed by atoms with Crippen LogP contribution in [-0.2, 0) is 0 Å². The molecule has 2 unspecified atom stereocenters. The molecule has 0 spiro atoms. The summed E-state index contributed by atoms with van der Waals surface area (Å²) in [5.74, 6) is -0.410. The molecule has 14 heavy (non-hydrogen) atoms. The molecule has 2 atom stereocenters. The third kappa shape index (κ3) is 3.04. The fraction of sp³-hybridized carbons (Fsp3) is 0.400. The van der Waals surface area contributed by atoms with Crippen molar-refractivity contribution in [3.8, 4) is 0 Å². The monoisotopic (exact) mass is 262 g/mol. The first-order valence-corrected chi connectivity index (χ1v) is 5.45. The molecule has 4 heteroatoms. The summed E-state index contributed by atoms with van der Waals surface area (Å²) < 4.78 is 12.8. The number of alkyl halides is 1. The van der Waals surface area contributed by atoms with Gasteiger partial charge in [0.1, 0.15) is 11.9 Å². The van der Waals surface area contributed by atoms with Crippen molar-refractivity contribution >= 4 is 15.9 Å². The van der Waals surface area contributed by atoms with Gasteiger partial charge in [-0.1, -0.05) is 28.1 Å². The number of hydrogen-bond donors (Lipinski definition) is 2. The maximum Gasteiger partial charge on any atom is 0.123 e. The van der Waals surface area contributed by atoms with Crippen molar-refractivity contribution in [2.45, 2.75) is 18.6 Å². The van der Waals surface area contributed by atoms with Crippen LogP contribution >= 0.6 is 15.9 Å². The maximum absolute atomic E-state index is 12.8. The third-order valence-electron chi connectivity index (χ3n) is 1.96. The van der Waals surface area contributed by atoms with Crippen LogP contribution in [0.15, 0.2) is 24.3 Å². The van der Waals surface area contributed by atoms with Crippen LogP contribution in [0.2, 0.25) is 0 Å². The van der Waals surface area contributed by atoms with Crippen LogP contribution in [0.4, 0.5) is 4.39 Å². The minimum atomic E-state index is -1.02. The third-order valence-corrected chi connectivity index (χ3v) is 2.42. The molecule has 0 radical (unpaired) electrons. The Balaban J connectivity index is 2.73. The van der Waals surface area contributed by atoms with Gasteiger partial charge in [0.15, 0.2) is 0 Å². The molecule has 0 aliphatic heterocycles. The molecule has 1 rings (SSSR count). The topological polar surface area (TPSA) is 40.5 Å². The molecule has 0 bridgehead atoms. The van der Waals surface area contributed by atoms with E-state index in [0.29, 0.717) is 17.3 Å². The molecule has 2 nitrogen and oxygen atoms in total. The van der Waals surface area contributed by atoms with Crippen LogP contribution in [0.1, 0.15) is 18.1 Å². The zero-order valence-corrected chi connectivity index (χ0v) is 9.11. The van der Waals surface area contributed by atoms with Gasteiger partial charge in [0, 0.05) is 5.33 Å². The summed E-state index contributed by atoms with van der Waals surface area (Å²) in [7, 11) is 0. The number of hydrogen-bond acceptors (Lipinski definition) is 2. The van der Waals surface area contributed by atoms with Gasteiger partial charge in [0.05, 0.1) is 6.10 Å². The molecule has 0 aliphatic carbocycles. The summed E-state index contributed by atoms with van der Waals surface area (Å²) in [6, 6.07) is 5.62. The fourth-order valence-corrected chi connectivity index (χ4v) is 1.65. The van der Waals surface area contributed by atoms with Gasteiger partial charge in [-0.15, -0.1) is 0 Å². The molecule has 0 amide bonds. The average Bonchev–Trinajstić information content (AvgIpc) is 2.17. The van der Waals surface area contributed by atoms with E-state index < -0.39 is 18.0 Å². The van der Waals surface area contributed by atoms with E-state index in [0.717, 1.165) is 0 Å². The highest BCUT2D eigenvalue weighted by molar-refractivity contribution is 9.09. The Bertz CT molecular complexity index is 293. The van der Waals surface area contributed by atoms with Gasteiger partial charge in [0.25, 0.3) is 0 Å². The highest BCUT2D eigenvalue weighted by atomic mass is 79.9. The van der Waals surface area contributed by atoms with Crippen molar-refractivity contribution in [3.05, 3.63) is 35.6 Å². The summed E-state index contributed by atoms with van der Waals surface area (Å²) in [6.45, 7) is 0. The first kappa shape index (κ1) is 11.6. The molecule has 0 saturated heterocycles. The van der Waals surface area contributed by atoms with E-state index in [-0.39, 0.29) is 0 Å². The molecule has 0 saturated carbocycles. The van der Waals surface area contributed by atoms with Gasteiger partial charge < -0.3 is 10.2 Å². The van der Waals surface area contributed by atoms with Crippen LogP contribution in [0, 0.1) is 5.82 Å². The zero-order valence-electron chi connectivity index (χ0n) is 7.53. The number of benzene rings is 1. The molecular formula is C10H12BrFO2. The molecule has 1 aromatic carbocycles. The lowest BCUT2D eigenvalue weighted by Gasteiger charge is -2.16. The van der Waals surface area contributed by atoms with Gasteiger partial charge in [-0.2, -0.15) is 0 Å². The summed E-state index contributed by atoms with van der Waals surface area (Å²) in [5.41, 5.74) is 0.401. The van der Waals surface area contributed by atoms with E-state index in [1.807, 2.05) is 0 Å². The van der Waals surface area contributed by atoms with Crippen molar-refractivity contribution in [3.63, 3.8) is 0 Å². The van der Waals surface area contributed by atoms with Crippen molar-refractivity contribution in [2.24, 2.45) is 0 Å². The minimum Gasteiger partial charge on any atom is -0.390 e. The Morgan fingerprint density at radius 1 is 1.36 bits per heavy atom. The van der Waals surface area contributed by atoms with Gasteiger partial charge in [-0.25, -0.2) is 4.39 Å². The lowest BCUT2D eigenvalue weighted by molar-refractivity contribution is 0.0172. The maximum atomic E-state index is 12.8. The van der Waals surface area contributed by atoms with Crippen LogP contribution in [-0.4, -0.2) is 21.6 Å². The minimum absolute atomic E-state index is 0.401. The van der Waals surface area contributed by atoms with Gasteiger partial charge >= 0.3 is 0 Å². The van der Waals surface area contributed by atoms with Crippen LogP contribution in [0.5, 0.6) is 0 Å². The van der Waals surface area contributed by atoms with Gasteiger partial charge in [0.2, 0.25) is 0 Å². The zero-order chi connectivity index (χ0) is 10.6. The second-order valence-electron chi connectivity index (χ2n) is 3.04. The van der Waals surface area contributed by atoms with Crippen molar-refractivity contribution in [1.29, 1.82) is 0 Å². The van der Waals surface area contributed by atoms with E-state index in [9.17, 15) is 14.6 Å². The molecular weight excluding hydrogens is 251 g/mol. The predicted molar refractivity (Wildman–Crippen MR) is 55.8 cm³/mol. The SMILES string of the molecule is OC(CCBr)C(O)c1cccc(F)c1. The molecule has 1 aromatic rings. The van der Waals surface area contributed by atoms with E-state index >= 15 is 0 Å². The molecule has 0 aromatic heterocycles. The average molecular weight is 263 g/mol. The summed E-state index contributed by atoms with van der Waals surface area (Å²) >= 11 is 3.16. The Kier molecular flexibility index (Phi) is 4.51. The van der Waals surface area contributed by atoms with E-state index in [1.165, 1.54) is 18.2 Å². The number of aliphatic hydroxyl groups excluding tert-OH is 2. The highest BCUT2D eigenvalue weighted by Gasteiger charge is 2.17. The number of halogens is 2. The van der Waals surface area contributed by atoms with E-state index in [4.69, 9.17) is 0 Å². The van der Waals surface area contributed by atoms with Crippen molar-refractivity contribution in [1.82, 2.24) is 0 Å². The van der Waals surface area contributed by atoms with Crippen LogP contribution < -0.4 is 0 Å². The number of rotatable bonds is 4. The Morgan fingerprint density at radius 3 is 2.64 bits per heavy atom. The summed E-state index contributed by atoms with van der Waals surface area (Å²) in [5, 5.41) is 19.7. The smallest absolute Gasteiger partial charge is 0.123 e. The fourth-order valence-electron chi connectivity index (χ4n) is 1.18. The summed E-state index contributed by atoms with van der Waals surface area (Å²) in [6.07, 6.45) is -1.46. The van der Waals surface area contributed by atoms with Crippen LogP contribution in [0.25, 0.3) is 0 Å².